The molecule has 8 nitrogen and oxygen atoms in total. The van der Waals surface area contributed by atoms with Gasteiger partial charge in [-0.15, -0.1) is 0 Å². The number of nitrogens with zero attached hydrogens (tertiary/aromatic N) is 3. The molecule has 1 fully saturated rings. The van der Waals surface area contributed by atoms with Crippen LogP contribution in [0.5, 0.6) is 0 Å². The van der Waals surface area contributed by atoms with Crippen LogP contribution < -0.4 is 5.73 Å². The lowest BCUT2D eigenvalue weighted by atomic mass is 10.1. The number of aromatic nitrogens is 3. The first-order valence-corrected chi connectivity index (χ1v) is 8.33. The second-order valence-electron chi connectivity index (χ2n) is 5.63. The SMILES string of the molecule is Nc1nc(-c2ccsc2)c2ccn([C@@H]3O[C@H](CO)C(O)C3O)c2n1. The molecule has 4 rings (SSSR count). The lowest BCUT2D eigenvalue weighted by molar-refractivity contribution is -0.0508. The number of fused-ring (bicyclic) bond motifs is 1. The average Bonchev–Trinajstić information content (AvgIpc) is 3.28. The maximum Gasteiger partial charge on any atom is 0.222 e. The summed E-state index contributed by atoms with van der Waals surface area (Å²) in [7, 11) is 0. The van der Waals surface area contributed by atoms with E-state index in [1.54, 1.807) is 22.1 Å². The van der Waals surface area contributed by atoms with Crippen molar-refractivity contribution in [2.45, 2.75) is 24.5 Å². The lowest BCUT2D eigenvalue weighted by Crippen LogP contribution is -2.33. The first-order valence-electron chi connectivity index (χ1n) is 7.39. The maximum atomic E-state index is 10.2. The van der Waals surface area contributed by atoms with E-state index in [2.05, 4.69) is 9.97 Å². The Bertz CT molecular complexity index is 866. The van der Waals surface area contributed by atoms with Crippen LogP contribution in [0.4, 0.5) is 5.95 Å². The first-order chi connectivity index (χ1) is 11.6. The van der Waals surface area contributed by atoms with E-state index in [-0.39, 0.29) is 12.6 Å². The quantitative estimate of drug-likeness (QED) is 0.538. The molecule has 1 aliphatic rings. The number of nitrogens with two attached hydrogens (primary N) is 1. The van der Waals surface area contributed by atoms with Gasteiger partial charge in [0, 0.05) is 22.5 Å². The van der Waals surface area contributed by atoms with Crippen molar-refractivity contribution in [2.75, 3.05) is 12.3 Å². The van der Waals surface area contributed by atoms with Crippen molar-refractivity contribution in [3.63, 3.8) is 0 Å². The molecule has 4 heterocycles. The van der Waals surface area contributed by atoms with Crippen molar-refractivity contribution in [2.24, 2.45) is 0 Å². The molecule has 0 bridgehead atoms. The molecule has 0 saturated carbocycles. The van der Waals surface area contributed by atoms with Gasteiger partial charge < -0.3 is 30.4 Å². The second-order valence-corrected chi connectivity index (χ2v) is 6.41. The van der Waals surface area contributed by atoms with Crippen molar-refractivity contribution >= 4 is 28.3 Å². The fraction of sp³-hybridized carbons (Fsp3) is 0.333. The van der Waals surface area contributed by atoms with E-state index in [0.29, 0.717) is 11.3 Å². The van der Waals surface area contributed by atoms with Gasteiger partial charge in [0.15, 0.2) is 6.23 Å². The molecule has 4 atom stereocenters. The highest BCUT2D eigenvalue weighted by atomic mass is 32.1. The van der Waals surface area contributed by atoms with Crippen LogP contribution in [-0.4, -0.2) is 54.8 Å². The Morgan fingerprint density at radius 3 is 2.75 bits per heavy atom. The number of nitrogen functional groups attached to an aromatic ring is 1. The number of aliphatic hydroxyl groups excluding tert-OH is 3. The van der Waals surface area contributed by atoms with Crippen molar-refractivity contribution < 1.29 is 20.1 Å². The van der Waals surface area contributed by atoms with Gasteiger partial charge in [-0.25, -0.2) is 4.98 Å². The minimum atomic E-state index is -1.18. The fourth-order valence-corrected chi connectivity index (χ4v) is 3.63. The summed E-state index contributed by atoms with van der Waals surface area (Å²) in [5, 5.41) is 34.1. The zero-order chi connectivity index (χ0) is 16.8. The van der Waals surface area contributed by atoms with Crippen LogP contribution in [0.15, 0.2) is 29.1 Å². The number of anilines is 1. The smallest absolute Gasteiger partial charge is 0.222 e. The fourth-order valence-electron chi connectivity index (χ4n) is 2.98. The molecule has 9 heteroatoms. The van der Waals surface area contributed by atoms with Gasteiger partial charge in [0.05, 0.1) is 12.3 Å². The summed E-state index contributed by atoms with van der Waals surface area (Å²) in [5.74, 6) is 0.107. The van der Waals surface area contributed by atoms with Gasteiger partial charge in [-0.05, 0) is 17.5 Å². The summed E-state index contributed by atoms with van der Waals surface area (Å²) in [6, 6.07) is 3.76. The maximum absolute atomic E-state index is 10.2. The van der Waals surface area contributed by atoms with Crippen LogP contribution >= 0.6 is 11.3 Å². The summed E-state index contributed by atoms with van der Waals surface area (Å²) < 4.78 is 7.18. The Balaban J connectivity index is 1.84. The van der Waals surface area contributed by atoms with E-state index in [1.807, 2.05) is 22.9 Å². The Labute approximate surface area is 140 Å². The molecular formula is C15H16N4O4S. The minimum Gasteiger partial charge on any atom is -0.394 e. The number of aliphatic hydroxyl groups is 3. The largest absolute Gasteiger partial charge is 0.394 e. The predicted octanol–water partition coefficient (Wildman–Crippen LogP) is 0.353. The highest BCUT2D eigenvalue weighted by Gasteiger charge is 2.43. The van der Waals surface area contributed by atoms with E-state index < -0.39 is 24.5 Å². The molecule has 0 spiro atoms. The van der Waals surface area contributed by atoms with Crippen LogP contribution in [-0.2, 0) is 4.74 Å². The Morgan fingerprint density at radius 1 is 1.25 bits per heavy atom. The summed E-state index contributed by atoms with van der Waals surface area (Å²) >= 11 is 1.55. The second kappa shape index (κ2) is 5.80. The summed E-state index contributed by atoms with van der Waals surface area (Å²) in [6.07, 6.45) is -2.36. The van der Waals surface area contributed by atoms with Gasteiger partial charge in [0.25, 0.3) is 0 Å². The molecule has 1 aliphatic heterocycles. The van der Waals surface area contributed by atoms with Crippen molar-refractivity contribution in [1.29, 1.82) is 0 Å². The molecule has 3 aromatic heterocycles. The van der Waals surface area contributed by atoms with E-state index in [9.17, 15) is 15.3 Å². The van der Waals surface area contributed by atoms with E-state index in [1.165, 1.54) is 0 Å². The van der Waals surface area contributed by atoms with Crippen molar-refractivity contribution in [1.82, 2.24) is 14.5 Å². The Morgan fingerprint density at radius 2 is 2.08 bits per heavy atom. The molecule has 0 aliphatic carbocycles. The van der Waals surface area contributed by atoms with Gasteiger partial charge in [-0.2, -0.15) is 16.3 Å². The topological polar surface area (TPSA) is 127 Å². The van der Waals surface area contributed by atoms with Crippen LogP contribution in [0.3, 0.4) is 0 Å². The summed E-state index contributed by atoms with van der Waals surface area (Å²) in [4.78, 5) is 8.58. The van der Waals surface area contributed by atoms with Crippen LogP contribution in [0.25, 0.3) is 22.3 Å². The van der Waals surface area contributed by atoms with Crippen molar-refractivity contribution in [3.05, 3.63) is 29.1 Å². The molecule has 0 radical (unpaired) electrons. The Kier molecular flexibility index (Phi) is 3.74. The average molecular weight is 348 g/mol. The molecular weight excluding hydrogens is 332 g/mol. The molecule has 5 N–H and O–H groups in total. The molecule has 0 amide bonds. The van der Waals surface area contributed by atoms with Gasteiger partial charge in [0.2, 0.25) is 5.95 Å². The van der Waals surface area contributed by atoms with Gasteiger partial charge in [-0.1, -0.05) is 0 Å². The number of hydrogen-bond donors (Lipinski definition) is 4. The van der Waals surface area contributed by atoms with Gasteiger partial charge in [0.1, 0.15) is 24.0 Å². The standard InChI is InChI=1S/C15H16N4O4S/c16-15-17-10(7-2-4-24-6-7)8-1-3-19(13(8)18-15)14-12(22)11(21)9(5-20)23-14/h1-4,6,9,11-12,14,20-22H,5H2,(H2,16,17,18)/t9-,11?,12?,14-/m1/s1. The predicted molar refractivity (Wildman–Crippen MR) is 88.3 cm³/mol. The zero-order valence-electron chi connectivity index (χ0n) is 12.5. The van der Waals surface area contributed by atoms with Crippen LogP contribution in [0, 0.1) is 0 Å². The van der Waals surface area contributed by atoms with E-state index in [0.717, 1.165) is 10.9 Å². The molecule has 3 aromatic rings. The van der Waals surface area contributed by atoms with Gasteiger partial charge in [-0.3, -0.25) is 0 Å². The molecule has 24 heavy (non-hydrogen) atoms. The number of rotatable bonds is 3. The van der Waals surface area contributed by atoms with E-state index in [4.69, 9.17) is 10.5 Å². The highest BCUT2D eigenvalue weighted by Crippen LogP contribution is 2.35. The molecule has 0 aromatic carbocycles. The summed E-state index contributed by atoms with van der Waals surface area (Å²) in [5.41, 5.74) is 7.97. The van der Waals surface area contributed by atoms with Crippen molar-refractivity contribution in [3.8, 4) is 11.3 Å². The minimum absolute atomic E-state index is 0.107. The van der Waals surface area contributed by atoms with Crippen LogP contribution in [0.1, 0.15) is 6.23 Å². The highest BCUT2D eigenvalue weighted by molar-refractivity contribution is 7.08. The molecule has 126 valence electrons. The number of hydrogen-bond acceptors (Lipinski definition) is 8. The normalized spacial score (nSPS) is 27.1. The number of thiophene rings is 1. The summed E-state index contributed by atoms with van der Waals surface area (Å²) in [6.45, 7) is -0.384. The van der Waals surface area contributed by atoms with Crippen LogP contribution in [0.2, 0.25) is 0 Å². The monoisotopic (exact) mass is 348 g/mol. The van der Waals surface area contributed by atoms with E-state index >= 15 is 0 Å². The Hall–Kier alpha value is -2.04. The van der Waals surface area contributed by atoms with Gasteiger partial charge >= 0.3 is 0 Å². The third kappa shape index (κ3) is 2.29. The third-order valence-electron chi connectivity index (χ3n) is 4.18. The lowest BCUT2D eigenvalue weighted by Gasteiger charge is -2.17. The number of ether oxygens (including phenoxy) is 1. The third-order valence-corrected chi connectivity index (χ3v) is 4.86. The first kappa shape index (κ1) is 15.5. The molecule has 2 unspecified atom stereocenters. The molecule has 1 saturated heterocycles. The zero-order valence-corrected chi connectivity index (χ0v) is 13.3.